The number of nitrogens with zero attached hydrogens (tertiary/aromatic N) is 4. The molecule has 166 valence electrons. The number of tetrazole rings is 1. The third kappa shape index (κ3) is 3.17. The van der Waals surface area contributed by atoms with Crippen molar-refractivity contribution in [1.82, 2.24) is 30.8 Å². The van der Waals surface area contributed by atoms with Gasteiger partial charge in [0.2, 0.25) is 15.8 Å². The summed E-state index contributed by atoms with van der Waals surface area (Å²) in [5.74, 6) is 1.89. The van der Waals surface area contributed by atoms with E-state index < -0.39 is 10.0 Å². The Morgan fingerprint density at radius 1 is 1.19 bits per heavy atom. The monoisotopic (exact) mass is 451 g/mol. The van der Waals surface area contributed by atoms with E-state index in [0.29, 0.717) is 17.2 Å². The molecule has 32 heavy (non-hydrogen) atoms. The fourth-order valence-corrected chi connectivity index (χ4v) is 6.76. The maximum Gasteiger partial charge on any atom is 0.238 e. The van der Waals surface area contributed by atoms with Crippen molar-refractivity contribution >= 4 is 10.0 Å². The summed E-state index contributed by atoms with van der Waals surface area (Å²) in [4.78, 5) is 2.56. The fraction of sp³-hybridized carbons (Fsp3) is 0.409. The van der Waals surface area contributed by atoms with Crippen molar-refractivity contribution in [2.75, 3.05) is 7.05 Å². The first-order valence-corrected chi connectivity index (χ1v) is 12.4. The van der Waals surface area contributed by atoms with Gasteiger partial charge in [-0.25, -0.2) is 13.6 Å². The molecule has 3 heterocycles. The maximum absolute atomic E-state index is 12.2. The highest BCUT2D eigenvalue weighted by Crippen LogP contribution is 2.60. The molecule has 2 aliphatic heterocycles. The van der Waals surface area contributed by atoms with Crippen LogP contribution < -0.4 is 10.5 Å². The Morgan fingerprint density at radius 3 is 2.62 bits per heavy atom. The molecule has 4 fully saturated rings. The van der Waals surface area contributed by atoms with Gasteiger partial charge >= 0.3 is 0 Å². The minimum atomic E-state index is -3.96. The fourth-order valence-electron chi connectivity index (χ4n) is 6.00. The van der Waals surface area contributed by atoms with E-state index in [1.54, 1.807) is 6.07 Å². The van der Waals surface area contributed by atoms with Crippen LogP contribution >= 0.6 is 0 Å². The Balaban J connectivity index is 1.24. The molecule has 3 aromatic rings. The third-order valence-corrected chi connectivity index (χ3v) is 8.46. The molecular weight excluding hydrogens is 426 g/mol. The molecule has 9 nitrogen and oxygen atoms in total. The summed E-state index contributed by atoms with van der Waals surface area (Å²) in [6.07, 6.45) is 2.61. The average Bonchev–Trinajstić information content (AvgIpc) is 3.13. The molecular formula is C22H25N7O2S. The van der Waals surface area contributed by atoms with Crippen LogP contribution in [0.3, 0.4) is 0 Å². The summed E-state index contributed by atoms with van der Waals surface area (Å²) >= 11 is 0. The van der Waals surface area contributed by atoms with Crippen LogP contribution in [0.1, 0.15) is 18.4 Å². The molecule has 2 saturated heterocycles. The van der Waals surface area contributed by atoms with Crippen LogP contribution in [-0.2, 0) is 16.6 Å². The van der Waals surface area contributed by atoms with Crippen molar-refractivity contribution in [3.63, 3.8) is 0 Å². The van der Waals surface area contributed by atoms with Gasteiger partial charge in [-0.05, 0) is 59.7 Å². The molecule has 7 rings (SSSR count). The smallest absolute Gasteiger partial charge is 0.238 e. The van der Waals surface area contributed by atoms with E-state index in [2.05, 4.69) is 50.0 Å². The molecule has 3 unspecified atom stereocenters. The molecule has 2 aliphatic carbocycles. The number of aromatic nitrogens is 4. The van der Waals surface area contributed by atoms with Gasteiger partial charge in [-0.1, -0.05) is 36.4 Å². The van der Waals surface area contributed by atoms with Gasteiger partial charge in [0.05, 0.1) is 10.5 Å². The van der Waals surface area contributed by atoms with Crippen LogP contribution in [0.4, 0.5) is 0 Å². The molecule has 4 N–H and O–H groups in total. The van der Waals surface area contributed by atoms with Gasteiger partial charge in [0, 0.05) is 24.7 Å². The minimum Gasteiger partial charge on any atom is -0.310 e. The third-order valence-electron chi connectivity index (χ3n) is 7.50. The van der Waals surface area contributed by atoms with Crippen molar-refractivity contribution in [1.29, 1.82) is 0 Å². The van der Waals surface area contributed by atoms with E-state index in [1.165, 1.54) is 24.5 Å². The van der Waals surface area contributed by atoms with E-state index in [-0.39, 0.29) is 10.7 Å². The zero-order valence-electron chi connectivity index (χ0n) is 17.6. The van der Waals surface area contributed by atoms with Gasteiger partial charge in [0.15, 0.2) is 0 Å². The lowest BCUT2D eigenvalue weighted by molar-refractivity contribution is 0.147. The van der Waals surface area contributed by atoms with Gasteiger partial charge in [0.1, 0.15) is 0 Å². The molecule has 1 aromatic heterocycles. The molecule has 0 amide bonds. The number of H-pyrrole nitrogens is 1. The molecule has 4 aliphatic rings. The van der Waals surface area contributed by atoms with Gasteiger partial charge in [0.25, 0.3) is 0 Å². The highest BCUT2D eigenvalue weighted by molar-refractivity contribution is 7.89. The zero-order chi connectivity index (χ0) is 22.0. The van der Waals surface area contributed by atoms with Crippen LogP contribution in [0.5, 0.6) is 0 Å². The summed E-state index contributed by atoms with van der Waals surface area (Å²) in [6, 6.07) is 15.3. The Labute approximate surface area is 186 Å². The number of fused-ring (bicyclic) bond motifs is 1. The quantitative estimate of drug-likeness (QED) is 0.516. The summed E-state index contributed by atoms with van der Waals surface area (Å²) in [5.41, 5.74) is 3.10. The highest BCUT2D eigenvalue weighted by Gasteiger charge is 2.65. The lowest BCUT2D eigenvalue weighted by Gasteiger charge is -2.37. The largest absolute Gasteiger partial charge is 0.310 e. The molecule has 0 radical (unpaired) electrons. The van der Waals surface area contributed by atoms with Gasteiger partial charge in [-0.15, -0.1) is 10.2 Å². The second-order valence-corrected chi connectivity index (χ2v) is 10.7. The van der Waals surface area contributed by atoms with Crippen molar-refractivity contribution in [3.05, 3.63) is 48.0 Å². The lowest BCUT2D eigenvalue weighted by atomic mass is 9.89. The predicted molar refractivity (Wildman–Crippen MR) is 119 cm³/mol. The Morgan fingerprint density at radius 2 is 2.00 bits per heavy atom. The Kier molecular flexibility index (Phi) is 4.48. The molecule has 2 aromatic carbocycles. The van der Waals surface area contributed by atoms with E-state index in [9.17, 15) is 8.42 Å². The van der Waals surface area contributed by atoms with Crippen LogP contribution in [0.15, 0.2) is 47.4 Å². The van der Waals surface area contributed by atoms with Crippen molar-refractivity contribution in [3.8, 4) is 22.5 Å². The number of benzene rings is 2. The molecule has 5 atom stereocenters. The van der Waals surface area contributed by atoms with Crippen LogP contribution in [-0.4, -0.2) is 59.1 Å². The van der Waals surface area contributed by atoms with Gasteiger partial charge in [-0.2, -0.15) is 5.21 Å². The number of hydrogen-bond donors (Lipinski definition) is 3. The number of nitrogens with two attached hydrogens (primary N) is 1. The second kappa shape index (κ2) is 7.17. The maximum atomic E-state index is 12.2. The Bertz CT molecular complexity index is 1260. The van der Waals surface area contributed by atoms with Crippen molar-refractivity contribution < 1.29 is 8.42 Å². The van der Waals surface area contributed by atoms with Gasteiger partial charge in [-0.3, -0.25) is 4.90 Å². The highest BCUT2D eigenvalue weighted by atomic mass is 32.2. The van der Waals surface area contributed by atoms with Crippen LogP contribution in [0.2, 0.25) is 0 Å². The standard InChI is InChI=1S/C22H25N7O2S/c1-29-14-9-16-19(21(16)29)17(10-14)24-11-12-5-7-13(8-6-12)15-3-2-4-18(32(23,30)31)20(15)22-25-27-28-26-22/h2-8,14,16-17,19,21,24H,9-11H2,1H3,(H2,23,30,31)(H,25,26,27,28)/t14-,16?,17?,19?,21+/m1/s1. The molecule has 2 saturated carbocycles. The average molecular weight is 452 g/mol. The lowest BCUT2D eigenvalue weighted by Crippen LogP contribution is -2.47. The summed E-state index contributed by atoms with van der Waals surface area (Å²) in [6.45, 7) is 0.826. The van der Waals surface area contributed by atoms with Crippen LogP contribution in [0, 0.1) is 11.8 Å². The van der Waals surface area contributed by atoms with E-state index in [4.69, 9.17) is 5.14 Å². The van der Waals surface area contributed by atoms with Crippen molar-refractivity contribution in [2.45, 2.75) is 42.4 Å². The first-order chi connectivity index (χ1) is 15.4. The molecule has 10 heteroatoms. The van der Waals surface area contributed by atoms with E-state index >= 15 is 0 Å². The summed E-state index contributed by atoms with van der Waals surface area (Å²) in [5, 5.41) is 23.2. The number of nitrogens with one attached hydrogen (secondary N) is 2. The van der Waals surface area contributed by atoms with Crippen LogP contribution in [0.25, 0.3) is 22.5 Å². The van der Waals surface area contributed by atoms with Crippen molar-refractivity contribution in [2.24, 2.45) is 17.0 Å². The van der Waals surface area contributed by atoms with Gasteiger partial charge < -0.3 is 5.32 Å². The normalized spacial score (nSPS) is 28.8. The second-order valence-electron chi connectivity index (χ2n) is 9.17. The number of sulfonamides is 1. The molecule has 4 bridgehead atoms. The number of hydrogen-bond acceptors (Lipinski definition) is 7. The number of aromatic amines is 1. The minimum absolute atomic E-state index is 0.0260. The van der Waals surface area contributed by atoms with E-state index in [1.807, 2.05) is 18.2 Å². The number of piperidine rings is 2. The topological polar surface area (TPSA) is 130 Å². The first-order valence-electron chi connectivity index (χ1n) is 10.9. The summed E-state index contributed by atoms with van der Waals surface area (Å²) in [7, 11) is -1.68. The number of primary sulfonamides is 1. The molecule has 0 spiro atoms. The summed E-state index contributed by atoms with van der Waals surface area (Å²) < 4.78 is 24.4. The zero-order valence-corrected chi connectivity index (χ0v) is 18.5. The predicted octanol–water partition coefficient (Wildman–Crippen LogP) is 1.36. The Hall–Kier alpha value is -2.66. The first kappa shape index (κ1) is 20.0. The SMILES string of the molecule is CN1[C@H]2CC(NCc3ccc(-c4cccc(S(N)(=O)=O)c4-c4nn[nH]n4)cc3)C3C(C2)[C@@H]31. The van der Waals surface area contributed by atoms with E-state index in [0.717, 1.165) is 36.0 Å². The number of rotatable bonds is 6.